The Morgan fingerprint density at radius 1 is 1.26 bits per heavy atom. The first-order chi connectivity index (χ1) is 15.1. The maximum atomic E-state index is 12.5. The zero-order valence-electron chi connectivity index (χ0n) is 17.2. The number of hydrogen-bond donors (Lipinski definition) is 0. The molecule has 31 heavy (non-hydrogen) atoms. The average Bonchev–Trinajstić information content (AvgIpc) is 3.18. The lowest BCUT2D eigenvalue weighted by molar-refractivity contribution is -0.127. The molecule has 0 aliphatic carbocycles. The molecule has 7 heteroatoms. The van der Waals surface area contributed by atoms with Crippen LogP contribution in [0.2, 0.25) is 4.34 Å². The second-order valence-electron chi connectivity index (χ2n) is 7.19. The van der Waals surface area contributed by atoms with Crippen LogP contribution in [0.1, 0.15) is 21.9 Å². The lowest BCUT2D eigenvalue weighted by Crippen LogP contribution is -2.37. The molecule has 0 saturated heterocycles. The Bertz CT molecular complexity index is 1100. The molecule has 3 aromatic rings. The van der Waals surface area contributed by atoms with Crippen LogP contribution in [0.5, 0.6) is 5.88 Å². The van der Waals surface area contributed by atoms with Crippen LogP contribution in [-0.4, -0.2) is 42.7 Å². The van der Waals surface area contributed by atoms with E-state index in [1.54, 1.807) is 13.3 Å². The summed E-state index contributed by atoms with van der Waals surface area (Å²) in [5.41, 5.74) is 4.20. The van der Waals surface area contributed by atoms with Crippen molar-refractivity contribution in [2.45, 2.75) is 12.5 Å². The van der Waals surface area contributed by atoms with E-state index in [0.717, 1.165) is 25.9 Å². The highest BCUT2D eigenvalue weighted by molar-refractivity contribution is 7.16. The first-order valence-corrected chi connectivity index (χ1v) is 11.2. The third-order valence-electron chi connectivity index (χ3n) is 5.33. The quantitative estimate of drug-likeness (QED) is 0.366. The first kappa shape index (κ1) is 21.6. The fourth-order valence-corrected chi connectivity index (χ4v) is 5.28. The number of benzene rings is 1. The van der Waals surface area contributed by atoms with Crippen molar-refractivity contribution in [3.8, 4) is 17.0 Å². The monoisotopic (exact) mass is 454 g/mol. The number of carbonyl (C=O) groups is 1. The van der Waals surface area contributed by atoms with Crippen molar-refractivity contribution in [3.05, 3.63) is 81.7 Å². The minimum absolute atomic E-state index is 0.0142. The van der Waals surface area contributed by atoms with E-state index in [1.807, 2.05) is 35.2 Å². The van der Waals surface area contributed by atoms with Gasteiger partial charge in [0.1, 0.15) is 6.61 Å². The van der Waals surface area contributed by atoms with Crippen LogP contribution in [0.4, 0.5) is 0 Å². The van der Waals surface area contributed by atoms with E-state index in [-0.39, 0.29) is 11.8 Å². The van der Waals surface area contributed by atoms with Crippen LogP contribution in [0.3, 0.4) is 0 Å². The molecule has 5 nitrogen and oxygen atoms in total. The summed E-state index contributed by atoms with van der Waals surface area (Å²) >= 11 is 7.90. The Kier molecular flexibility index (Phi) is 6.70. The zero-order valence-corrected chi connectivity index (χ0v) is 18.8. The van der Waals surface area contributed by atoms with Crippen LogP contribution < -0.4 is 4.74 Å². The molecule has 0 unspecified atom stereocenters. The predicted octanol–water partition coefficient (Wildman–Crippen LogP) is 5.15. The van der Waals surface area contributed by atoms with Crippen molar-refractivity contribution in [2.75, 3.05) is 26.9 Å². The summed E-state index contributed by atoms with van der Waals surface area (Å²) in [5.74, 6) is 0.465. The van der Waals surface area contributed by atoms with Gasteiger partial charge in [0.15, 0.2) is 0 Å². The Morgan fingerprint density at radius 3 is 2.87 bits per heavy atom. The molecule has 1 aliphatic rings. The number of rotatable bonds is 7. The van der Waals surface area contributed by atoms with Crippen LogP contribution >= 0.6 is 22.9 Å². The van der Waals surface area contributed by atoms with Gasteiger partial charge in [-0.25, -0.2) is 4.98 Å². The number of ether oxygens (including phenoxy) is 2. The maximum Gasteiger partial charge on any atom is 0.246 e. The van der Waals surface area contributed by atoms with E-state index in [1.165, 1.54) is 23.0 Å². The van der Waals surface area contributed by atoms with E-state index in [2.05, 4.69) is 23.7 Å². The SMILES string of the molecule is C=CC(=O)N1Cc2sc(Cl)cc2[C@@H](c2ccccc2-c2cccnc2OCCOC)C1. The van der Waals surface area contributed by atoms with Crippen molar-refractivity contribution in [1.29, 1.82) is 0 Å². The molecule has 0 N–H and O–H groups in total. The van der Waals surface area contributed by atoms with Gasteiger partial charge in [-0.3, -0.25) is 4.79 Å². The molecule has 160 valence electrons. The molecule has 3 heterocycles. The van der Waals surface area contributed by atoms with Crippen molar-refractivity contribution >= 4 is 28.8 Å². The van der Waals surface area contributed by atoms with Gasteiger partial charge in [0.25, 0.3) is 0 Å². The van der Waals surface area contributed by atoms with Gasteiger partial charge < -0.3 is 14.4 Å². The van der Waals surface area contributed by atoms with Gasteiger partial charge in [0, 0.05) is 36.2 Å². The maximum absolute atomic E-state index is 12.5. The van der Waals surface area contributed by atoms with E-state index in [4.69, 9.17) is 21.1 Å². The Hall–Kier alpha value is -2.67. The number of fused-ring (bicyclic) bond motifs is 1. The number of aromatic nitrogens is 1. The Morgan fingerprint density at radius 2 is 2.06 bits per heavy atom. The summed E-state index contributed by atoms with van der Waals surface area (Å²) in [5, 5.41) is 0. The summed E-state index contributed by atoms with van der Waals surface area (Å²) in [7, 11) is 1.64. The number of thiophene rings is 1. The van der Waals surface area contributed by atoms with Crippen LogP contribution in [0, 0.1) is 0 Å². The van der Waals surface area contributed by atoms with E-state index >= 15 is 0 Å². The molecule has 0 fully saturated rings. The first-order valence-electron chi connectivity index (χ1n) is 9.98. The summed E-state index contributed by atoms with van der Waals surface area (Å²) < 4.78 is 11.7. The highest BCUT2D eigenvalue weighted by atomic mass is 35.5. The molecule has 0 radical (unpaired) electrons. The third kappa shape index (κ3) is 4.51. The minimum atomic E-state index is -0.0809. The van der Waals surface area contributed by atoms with Gasteiger partial charge >= 0.3 is 0 Å². The van der Waals surface area contributed by atoms with E-state index in [9.17, 15) is 4.79 Å². The van der Waals surface area contributed by atoms with Crippen molar-refractivity contribution in [3.63, 3.8) is 0 Å². The topological polar surface area (TPSA) is 51.7 Å². The Balaban J connectivity index is 1.79. The molecular weight excluding hydrogens is 432 g/mol. The molecule has 1 aliphatic heterocycles. The molecule has 0 saturated carbocycles. The van der Waals surface area contributed by atoms with Gasteiger partial charge in [-0.15, -0.1) is 11.3 Å². The number of carbonyl (C=O) groups excluding carboxylic acids is 1. The number of halogens is 1. The lowest BCUT2D eigenvalue weighted by Gasteiger charge is -2.33. The zero-order chi connectivity index (χ0) is 21.8. The van der Waals surface area contributed by atoms with Crippen molar-refractivity contribution < 1.29 is 14.3 Å². The molecule has 2 aromatic heterocycles. The fourth-order valence-electron chi connectivity index (χ4n) is 3.93. The summed E-state index contributed by atoms with van der Waals surface area (Å²) in [6.07, 6.45) is 3.09. The fraction of sp³-hybridized carbons (Fsp3) is 0.250. The lowest BCUT2D eigenvalue weighted by atomic mass is 9.84. The largest absolute Gasteiger partial charge is 0.475 e. The summed E-state index contributed by atoms with van der Waals surface area (Å²) in [6, 6.07) is 14.1. The van der Waals surface area contributed by atoms with Crippen molar-refractivity contribution in [1.82, 2.24) is 9.88 Å². The number of amides is 1. The average molecular weight is 455 g/mol. The number of pyridine rings is 1. The van der Waals surface area contributed by atoms with Gasteiger partial charge in [0.2, 0.25) is 11.8 Å². The molecule has 1 atom stereocenters. The number of nitrogens with zero attached hydrogens (tertiary/aromatic N) is 2. The van der Waals surface area contributed by atoms with Crippen molar-refractivity contribution in [2.24, 2.45) is 0 Å². The van der Waals surface area contributed by atoms with Crippen LogP contribution in [-0.2, 0) is 16.1 Å². The summed E-state index contributed by atoms with van der Waals surface area (Å²) in [4.78, 5) is 19.8. The van der Waals surface area contributed by atoms with Crippen LogP contribution in [0.25, 0.3) is 11.1 Å². The molecule has 4 rings (SSSR count). The second-order valence-corrected chi connectivity index (χ2v) is 8.96. The van der Waals surface area contributed by atoms with Gasteiger partial charge in [-0.05, 0) is 41.0 Å². The smallest absolute Gasteiger partial charge is 0.246 e. The predicted molar refractivity (Wildman–Crippen MR) is 124 cm³/mol. The normalized spacial score (nSPS) is 15.4. The third-order valence-corrected chi connectivity index (χ3v) is 6.60. The summed E-state index contributed by atoms with van der Waals surface area (Å²) in [6.45, 7) is 5.66. The molecule has 1 aromatic carbocycles. The van der Waals surface area contributed by atoms with Gasteiger partial charge in [-0.1, -0.05) is 42.4 Å². The van der Waals surface area contributed by atoms with Gasteiger partial charge in [-0.2, -0.15) is 0 Å². The number of methoxy groups -OCH3 is 1. The van der Waals surface area contributed by atoms with E-state index < -0.39 is 0 Å². The molecule has 0 spiro atoms. The number of hydrogen-bond acceptors (Lipinski definition) is 5. The second kappa shape index (κ2) is 9.64. The van der Waals surface area contributed by atoms with E-state index in [0.29, 0.717) is 32.2 Å². The Labute approximate surface area is 190 Å². The van der Waals surface area contributed by atoms with Crippen LogP contribution in [0.15, 0.2) is 61.3 Å². The highest BCUT2D eigenvalue weighted by Gasteiger charge is 2.32. The van der Waals surface area contributed by atoms with Gasteiger partial charge in [0.05, 0.1) is 17.5 Å². The molecule has 1 amide bonds. The molecule has 0 bridgehead atoms. The minimum Gasteiger partial charge on any atom is -0.475 e. The molecular formula is C24H23ClN2O3S. The highest BCUT2D eigenvalue weighted by Crippen LogP contribution is 2.43. The standard InChI is InChI=1S/C24H23ClN2O3S/c1-3-23(28)27-14-20(19-13-22(25)31-21(19)15-27)17-8-5-4-7-16(17)18-9-6-10-26-24(18)30-12-11-29-2/h3-10,13,20H,1,11-12,14-15H2,2H3/t20-/m1/s1.